The summed E-state index contributed by atoms with van der Waals surface area (Å²) in [6.07, 6.45) is 2.25. The van der Waals surface area contributed by atoms with Gasteiger partial charge in [0.1, 0.15) is 10.9 Å². The zero-order chi connectivity index (χ0) is 27.3. The second kappa shape index (κ2) is 9.49. The van der Waals surface area contributed by atoms with E-state index in [0.717, 1.165) is 11.1 Å². The Balaban J connectivity index is 1.67. The first-order valence-electron chi connectivity index (χ1n) is 12.3. The minimum absolute atomic E-state index is 0.00123. The number of nitriles is 1. The van der Waals surface area contributed by atoms with Gasteiger partial charge in [-0.15, -0.1) is 11.3 Å². The lowest BCUT2D eigenvalue weighted by molar-refractivity contribution is -0.142. The molecule has 0 aliphatic heterocycles. The number of pyridine rings is 1. The molecule has 1 aliphatic rings. The van der Waals surface area contributed by atoms with E-state index in [1.807, 2.05) is 48.7 Å². The Kier molecular flexibility index (Phi) is 6.09. The number of aryl methyl sites for hydroxylation is 1. The molecule has 1 aliphatic carbocycles. The molecule has 3 aromatic heterocycles. The topological polar surface area (TPSA) is 102 Å². The van der Waals surface area contributed by atoms with E-state index in [9.17, 15) is 18.5 Å². The van der Waals surface area contributed by atoms with Gasteiger partial charge in [0.25, 0.3) is 10.0 Å². The Morgan fingerprint density at radius 1 is 1.13 bits per heavy atom. The van der Waals surface area contributed by atoms with Gasteiger partial charge < -0.3 is 4.74 Å². The van der Waals surface area contributed by atoms with Gasteiger partial charge in [-0.25, -0.2) is 17.4 Å². The van der Waals surface area contributed by atoms with Crippen LogP contribution >= 0.6 is 11.3 Å². The quantitative estimate of drug-likeness (QED) is 0.235. The lowest BCUT2D eigenvalue weighted by atomic mass is 9.97. The molecule has 0 spiro atoms. The van der Waals surface area contributed by atoms with Crippen LogP contribution in [0.1, 0.15) is 28.3 Å². The van der Waals surface area contributed by atoms with Crippen LogP contribution in [-0.2, 0) is 19.6 Å². The number of thiophene rings is 1. The molecular formula is C30H23N3O4S2. The fraction of sp³-hybridized carbons (Fsp3) is 0.167. The average Bonchev–Trinajstić information content (AvgIpc) is 3.48. The predicted octanol–water partition coefficient (Wildman–Crippen LogP) is 6.13. The highest BCUT2D eigenvalue weighted by Crippen LogP contribution is 2.50. The number of fused-ring (bicyclic) bond motifs is 1. The first-order chi connectivity index (χ1) is 18.8. The number of hydrogen-bond donors (Lipinski definition) is 0. The van der Waals surface area contributed by atoms with Crippen molar-refractivity contribution in [3.05, 3.63) is 94.3 Å². The van der Waals surface area contributed by atoms with Crippen LogP contribution in [0.15, 0.2) is 83.2 Å². The third kappa shape index (κ3) is 4.13. The summed E-state index contributed by atoms with van der Waals surface area (Å²) < 4.78 is 34.8. The summed E-state index contributed by atoms with van der Waals surface area (Å²) >= 11 is 1.30. The van der Waals surface area contributed by atoms with Gasteiger partial charge in [0, 0.05) is 28.3 Å². The van der Waals surface area contributed by atoms with Crippen LogP contribution in [0, 0.1) is 24.2 Å². The summed E-state index contributed by atoms with van der Waals surface area (Å²) in [5, 5.41) is 12.3. The number of methoxy groups -OCH3 is 1. The van der Waals surface area contributed by atoms with E-state index in [4.69, 9.17) is 4.74 Å². The number of carbonyl (C=O) groups is 1. The number of aromatic nitrogens is 2. The highest BCUT2D eigenvalue weighted by molar-refractivity contribution is 7.90. The molecule has 0 saturated heterocycles. The maximum atomic E-state index is 14.3. The molecule has 1 fully saturated rings. The van der Waals surface area contributed by atoms with Crippen LogP contribution in [0.3, 0.4) is 0 Å². The number of hydrogen-bond acceptors (Lipinski definition) is 7. The molecule has 0 amide bonds. The van der Waals surface area contributed by atoms with Gasteiger partial charge in [-0.3, -0.25) is 4.79 Å². The molecule has 2 aromatic carbocycles. The van der Waals surface area contributed by atoms with E-state index in [1.54, 1.807) is 36.5 Å². The highest BCUT2D eigenvalue weighted by Gasteiger charge is 2.45. The lowest BCUT2D eigenvalue weighted by Crippen LogP contribution is -2.15. The van der Waals surface area contributed by atoms with Crippen molar-refractivity contribution in [2.75, 3.05) is 7.11 Å². The Morgan fingerprint density at radius 3 is 2.67 bits per heavy atom. The van der Waals surface area contributed by atoms with Crippen LogP contribution < -0.4 is 0 Å². The molecule has 0 bridgehead atoms. The summed E-state index contributed by atoms with van der Waals surface area (Å²) in [7, 11) is -2.71. The minimum atomic E-state index is -4.10. The van der Waals surface area contributed by atoms with E-state index in [0.29, 0.717) is 39.1 Å². The van der Waals surface area contributed by atoms with Gasteiger partial charge in [-0.05, 0) is 66.6 Å². The van der Waals surface area contributed by atoms with Crippen LogP contribution in [0.25, 0.3) is 33.4 Å². The molecule has 0 N–H and O–H groups in total. The highest BCUT2D eigenvalue weighted by atomic mass is 32.2. The van der Waals surface area contributed by atoms with Crippen molar-refractivity contribution < 1.29 is 17.9 Å². The van der Waals surface area contributed by atoms with Gasteiger partial charge >= 0.3 is 5.97 Å². The van der Waals surface area contributed by atoms with Crippen molar-refractivity contribution in [2.45, 2.75) is 24.2 Å². The maximum Gasteiger partial charge on any atom is 0.309 e. The summed E-state index contributed by atoms with van der Waals surface area (Å²) in [6.45, 7) is 1.90. The second-order valence-electron chi connectivity index (χ2n) is 9.55. The fourth-order valence-corrected chi connectivity index (χ4v) is 7.35. The molecule has 1 saturated carbocycles. The van der Waals surface area contributed by atoms with Gasteiger partial charge in [0.15, 0.2) is 5.65 Å². The molecule has 194 valence electrons. The molecule has 5 aromatic rings. The fourth-order valence-electron chi connectivity index (χ4n) is 5.16. The van der Waals surface area contributed by atoms with Gasteiger partial charge in [0.05, 0.1) is 23.6 Å². The average molecular weight is 554 g/mol. The first kappa shape index (κ1) is 25.0. The Labute approximate surface area is 230 Å². The van der Waals surface area contributed by atoms with Crippen molar-refractivity contribution in [3.63, 3.8) is 0 Å². The summed E-state index contributed by atoms with van der Waals surface area (Å²) in [5.74, 6) is -0.458. The Hall–Kier alpha value is -4.26. The van der Waals surface area contributed by atoms with E-state index >= 15 is 0 Å². The van der Waals surface area contributed by atoms with Crippen LogP contribution in [0.4, 0.5) is 0 Å². The molecule has 0 radical (unpaired) electrons. The van der Waals surface area contributed by atoms with Crippen LogP contribution in [0.2, 0.25) is 0 Å². The molecule has 7 nitrogen and oxygen atoms in total. The molecule has 2 atom stereocenters. The van der Waals surface area contributed by atoms with Gasteiger partial charge in [-0.2, -0.15) is 5.26 Å². The SMILES string of the molecule is COC(=O)C1CC1c1cccc(-c2c(-c3ccsc3C#N)c3cccnc3n2S(=O)(=O)c2ccc(C)cc2)c1. The van der Waals surface area contributed by atoms with Crippen LogP contribution in [-0.4, -0.2) is 30.5 Å². The number of nitrogens with zero attached hydrogens (tertiary/aromatic N) is 3. The van der Waals surface area contributed by atoms with E-state index in [1.165, 1.54) is 22.4 Å². The molecule has 39 heavy (non-hydrogen) atoms. The second-order valence-corrected chi connectivity index (χ2v) is 12.3. The van der Waals surface area contributed by atoms with Crippen molar-refractivity contribution in [2.24, 2.45) is 5.92 Å². The lowest BCUT2D eigenvalue weighted by Gasteiger charge is -2.14. The van der Waals surface area contributed by atoms with Crippen molar-refractivity contribution in [1.29, 1.82) is 5.26 Å². The van der Waals surface area contributed by atoms with Crippen molar-refractivity contribution >= 4 is 38.4 Å². The zero-order valence-corrected chi connectivity index (χ0v) is 22.8. The Bertz CT molecular complexity index is 1900. The van der Waals surface area contributed by atoms with Gasteiger partial charge in [0.2, 0.25) is 0 Å². The number of esters is 1. The summed E-state index contributed by atoms with van der Waals surface area (Å²) in [4.78, 5) is 17.3. The molecule has 3 heterocycles. The number of carbonyl (C=O) groups excluding carboxylic acids is 1. The standard InChI is InChI=1S/C30H23N3O4S2/c1-18-8-10-21(11-9-18)39(35,36)33-28(20-6-3-5-19(15-20)24-16-25(24)30(34)37-2)27(22-12-14-38-26(22)17-31)23-7-4-13-32-29(23)33/h3-15,24-25H,16H2,1-2H3. The molecule has 2 unspecified atom stereocenters. The molecule has 9 heteroatoms. The van der Waals surface area contributed by atoms with Crippen LogP contribution in [0.5, 0.6) is 0 Å². The number of ether oxygens (including phenoxy) is 1. The number of benzene rings is 2. The Morgan fingerprint density at radius 2 is 1.92 bits per heavy atom. The van der Waals surface area contributed by atoms with E-state index < -0.39 is 10.0 Å². The van der Waals surface area contributed by atoms with E-state index in [2.05, 4.69) is 11.1 Å². The smallest absolute Gasteiger partial charge is 0.309 e. The predicted molar refractivity (Wildman–Crippen MR) is 150 cm³/mol. The van der Waals surface area contributed by atoms with Gasteiger partial charge in [-0.1, -0.05) is 35.9 Å². The third-order valence-electron chi connectivity index (χ3n) is 7.17. The largest absolute Gasteiger partial charge is 0.469 e. The minimum Gasteiger partial charge on any atom is -0.469 e. The zero-order valence-electron chi connectivity index (χ0n) is 21.2. The van der Waals surface area contributed by atoms with Crippen molar-refractivity contribution in [1.82, 2.24) is 8.96 Å². The monoisotopic (exact) mass is 553 g/mol. The number of rotatable bonds is 6. The maximum absolute atomic E-state index is 14.3. The molecular weight excluding hydrogens is 530 g/mol. The third-order valence-corrected chi connectivity index (χ3v) is 9.69. The molecule has 6 rings (SSSR count). The normalized spacial score (nSPS) is 16.6. The first-order valence-corrected chi connectivity index (χ1v) is 14.6. The van der Waals surface area contributed by atoms with Crippen molar-refractivity contribution in [3.8, 4) is 28.5 Å². The van der Waals surface area contributed by atoms with E-state index in [-0.39, 0.29) is 28.3 Å². The summed E-state index contributed by atoms with van der Waals surface area (Å²) in [5.41, 5.74) is 4.51. The summed E-state index contributed by atoms with van der Waals surface area (Å²) in [6, 6.07) is 22.0.